The van der Waals surface area contributed by atoms with E-state index in [0.717, 1.165) is 18.0 Å². The Bertz CT molecular complexity index is 539. The monoisotopic (exact) mass is 379 g/mol. The van der Waals surface area contributed by atoms with Gasteiger partial charge in [-0.15, -0.1) is 0 Å². The number of alkyl halides is 1. The number of anilines is 1. The number of hydrogen-bond acceptors (Lipinski definition) is 2. The van der Waals surface area contributed by atoms with Gasteiger partial charge in [0, 0.05) is 17.7 Å². The summed E-state index contributed by atoms with van der Waals surface area (Å²) in [5, 5.41) is 2.92. The molecule has 3 nitrogen and oxygen atoms in total. The molecular formula is C19H26BrNO2. The van der Waals surface area contributed by atoms with Crippen LogP contribution in [0, 0.1) is 5.92 Å². The first kappa shape index (κ1) is 18.2. The lowest BCUT2D eigenvalue weighted by Crippen LogP contribution is -2.24. The fraction of sp³-hybridized carbons (Fsp3) is 0.579. The summed E-state index contributed by atoms with van der Waals surface area (Å²) < 4.78 is -0.572. The van der Waals surface area contributed by atoms with Gasteiger partial charge in [0.05, 0.1) is 4.32 Å². The molecule has 0 heterocycles. The molecule has 0 unspecified atom stereocenters. The number of nitrogens with one attached hydrogen (secondary N) is 1. The van der Waals surface area contributed by atoms with Gasteiger partial charge in [0.15, 0.2) is 5.78 Å². The minimum Gasteiger partial charge on any atom is -0.326 e. The van der Waals surface area contributed by atoms with Crippen LogP contribution in [0.5, 0.6) is 0 Å². The second kappa shape index (κ2) is 8.09. The molecule has 1 saturated carbocycles. The molecule has 1 fully saturated rings. The van der Waals surface area contributed by atoms with E-state index in [1.165, 1.54) is 32.1 Å². The van der Waals surface area contributed by atoms with Crippen molar-refractivity contribution in [1.29, 1.82) is 0 Å². The maximum absolute atomic E-state index is 12.1. The third kappa shape index (κ3) is 5.76. The molecule has 1 N–H and O–H groups in total. The van der Waals surface area contributed by atoms with Crippen molar-refractivity contribution in [2.75, 3.05) is 5.32 Å². The topological polar surface area (TPSA) is 46.2 Å². The van der Waals surface area contributed by atoms with Crippen LogP contribution in [0.1, 0.15) is 69.2 Å². The lowest BCUT2D eigenvalue weighted by Gasteiger charge is -2.21. The average Bonchev–Trinajstić information content (AvgIpc) is 2.53. The molecule has 0 atom stereocenters. The Morgan fingerprint density at radius 1 is 1.13 bits per heavy atom. The maximum atomic E-state index is 12.1. The molecule has 4 heteroatoms. The summed E-state index contributed by atoms with van der Waals surface area (Å²) in [6.45, 7) is 3.66. The highest BCUT2D eigenvalue weighted by Crippen LogP contribution is 2.27. The van der Waals surface area contributed by atoms with Crippen molar-refractivity contribution in [3.05, 3.63) is 29.8 Å². The van der Waals surface area contributed by atoms with E-state index in [1.807, 2.05) is 13.8 Å². The summed E-state index contributed by atoms with van der Waals surface area (Å²) in [5.41, 5.74) is 1.40. The largest absolute Gasteiger partial charge is 0.326 e. The highest BCUT2D eigenvalue weighted by Gasteiger charge is 2.24. The smallest absolute Gasteiger partial charge is 0.224 e. The number of benzene rings is 1. The number of amides is 1. The number of ketones is 1. The van der Waals surface area contributed by atoms with Gasteiger partial charge in [-0.05, 0) is 50.5 Å². The minimum absolute atomic E-state index is 0.0349. The van der Waals surface area contributed by atoms with Gasteiger partial charge in [0.25, 0.3) is 0 Å². The van der Waals surface area contributed by atoms with E-state index in [4.69, 9.17) is 0 Å². The van der Waals surface area contributed by atoms with E-state index >= 15 is 0 Å². The lowest BCUT2D eigenvalue weighted by molar-refractivity contribution is -0.116. The quantitative estimate of drug-likeness (QED) is 0.535. The van der Waals surface area contributed by atoms with Crippen LogP contribution in [-0.4, -0.2) is 16.0 Å². The van der Waals surface area contributed by atoms with Crippen LogP contribution >= 0.6 is 15.9 Å². The molecule has 1 aliphatic carbocycles. The molecule has 0 aliphatic heterocycles. The van der Waals surface area contributed by atoms with Crippen LogP contribution in [0.25, 0.3) is 0 Å². The molecule has 23 heavy (non-hydrogen) atoms. The first-order chi connectivity index (χ1) is 10.9. The van der Waals surface area contributed by atoms with Gasteiger partial charge in [-0.1, -0.05) is 48.0 Å². The van der Waals surface area contributed by atoms with Gasteiger partial charge in [0.1, 0.15) is 0 Å². The summed E-state index contributed by atoms with van der Waals surface area (Å²) in [6.07, 6.45) is 8.08. The van der Waals surface area contributed by atoms with Gasteiger partial charge >= 0.3 is 0 Å². The Labute approximate surface area is 147 Å². The van der Waals surface area contributed by atoms with Gasteiger partial charge in [-0.25, -0.2) is 0 Å². The molecule has 126 valence electrons. The number of hydrogen-bond donors (Lipinski definition) is 1. The molecule has 0 radical (unpaired) electrons. The standard InChI is InChI=1S/C19H26BrNO2/c1-19(2,20)18(23)15-9-11-16(12-10-15)21-17(22)13-8-14-6-4-3-5-7-14/h9-12,14H,3-8,13H2,1-2H3,(H,21,22). The Balaban J connectivity index is 1.83. The molecule has 1 aromatic carbocycles. The van der Waals surface area contributed by atoms with Crippen molar-refractivity contribution in [3.63, 3.8) is 0 Å². The van der Waals surface area contributed by atoms with Crippen LogP contribution < -0.4 is 5.32 Å². The fourth-order valence-corrected chi connectivity index (χ4v) is 3.31. The number of Topliss-reactive ketones (excluding diaryl/α,β-unsaturated/α-hetero) is 1. The molecule has 0 spiro atoms. The number of carbonyl (C=O) groups excluding carboxylic acids is 2. The Morgan fingerprint density at radius 3 is 2.30 bits per heavy atom. The van der Waals surface area contributed by atoms with Crippen molar-refractivity contribution >= 4 is 33.3 Å². The second-order valence-electron chi connectivity index (χ2n) is 6.97. The first-order valence-electron chi connectivity index (χ1n) is 8.50. The normalized spacial score (nSPS) is 16.1. The number of rotatable bonds is 6. The highest BCUT2D eigenvalue weighted by atomic mass is 79.9. The van der Waals surface area contributed by atoms with Crippen molar-refractivity contribution in [2.45, 2.75) is 63.1 Å². The summed E-state index contributed by atoms with van der Waals surface area (Å²) in [4.78, 5) is 24.2. The third-order valence-electron chi connectivity index (χ3n) is 4.48. The third-order valence-corrected chi connectivity index (χ3v) is 4.84. The van der Waals surface area contributed by atoms with E-state index in [0.29, 0.717) is 12.0 Å². The van der Waals surface area contributed by atoms with E-state index in [-0.39, 0.29) is 11.7 Å². The van der Waals surface area contributed by atoms with Crippen molar-refractivity contribution in [2.24, 2.45) is 5.92 Å². The zero-order valence-corrected chi connectivity index (χ0v) is 15.6. The van der Waals surface area contributed by atoms with Crippen LogP contribution in [0.2, 0.25) is 0 Å². The highest BCUT2D eigenvalue weighted by molar-refractivity contribution is 9.10. The van der Waals surface area contributed by atoms with Crippen molar-refractivity contribution in [3.8, 4) is 0 Å². The fourth-order valence-electron chi connectivity index (χ4n) is 3.08. The second-order valence-corrected chi connectivity index (χ2v) is 8.95. The summed E-state index contributed by atoms with van der Waals surface area (Å²) in [5.74, 6) is 0.818. The summed E-state index contributed by atoms with van der Waals surface area (Å²) >= 11 is 3.38. The zero-order valence-electron chi connectivity index (χ0n) is 14.0. The molecule has 2 rings (SSSR count). The van der Waals surface area contributed by atoms with E-state index < -0.39 is 4.32 Å². The van der Waals surface area contributed by atoms with Gasteiger partial charge < -0.3 is 5.32 Å². The van der Waals surface area contributed by atoms with Gasteiger partial charge in [-0.2, -0.15) is 0 Å². The number of carbonyl (C=O) groups is 2. The zero-order chi connectivity index (χ0) is 16.9. The molecule has 1 amide bonds. The van der Waals surface area contributed by atoms with Crippen molar-refractivity contribution in [1.82, 2.24) is 0 Å². The number of halogens is 1. The van der Waals surface area contributed by atoms with Gasteiger partial charge in [-0.3, -0.25) is 9.59 Å². The average molecular weight is 380 g/mol. The van der Waals surface area contributed by atoms with Crippen LogP contribution in [0.3, 0.4) is 0 Å². The van der Waals surface area contributed by atoms with Crippen LogP contribution in [0.15, 0.2) is 24.3 Å². The van der Waals surface area contributed by atoms with Gasteiger partial charge in [0.2, 0.25) is 5.91 Å². The summed E-state index contributed by atoms with van der Waals surface area (Å²) in [6, 6.07) is 7.12. The van der Waals surface area contributed by atoms with Crippen LogP contribution in [-0.2, 0) is 4.79 Å². The van der Waals surface area contributed by atoms with E-state index in [2.05, 4.69) is 21.2 Å². The molecule has 1 aromatic rings. The molecule has 0 saturated heterocycles. The first-order valence-corrected chi connectivity index (χ1v) is 9.29. The summed E-state index contributed by atoms with van der Waals surface area (Å²) in [7, 11) is 0. The Hall–Kier alpha value is -1.16. The molecule has 0 aromatic heterocycles. The van der Waals surface area contributed by atoms with Crippen LogP contribution in [0.4, 0.5) is 5.69 Å². The Kier molecular flexibility index (Phi) is 6.40. The predicted molar refractivity (Wildman–Crippen MR) is 98.2 cm³/mol. The molecular weight excluding hydrogens is 354 g/mol. The minimum atomic E-state index is -0.572. The molecule has 0 bridgehead atoms. The SMILES string of the molecule is CC(C)(Br)C(=O)c1ccc(NC(=O)CCC2CCCCC2)cc1. The van der Waals surface area contributed by atoms with E-state index in [1.54, 1.807) is 24.3 Å². The maximum Gasteiger partial charge on any atom is 0.224 e. The Morgan fingerprint density at radius 2 is 1.74 bits per heavy atom. The lowest BCUT2D eigenvalue weighted by atomic mass is 9.86. The predicted octanol–water partition coefficient (Wildman–Crippen LogP) is 5.34. The molecule has 1 aliphatic rings. The van der Waals surface area contributed by atoms with E-state index in [9.17, 15) is 9.59 Å². The van der Waals surface area contributed by atoms with Crippen molar-refractivity contribution < 1.29 is 9.59 Å².